The maximum Gasteiger partial charge on any atom is 0.214 e. The van der Waals surface area contributed by atoms with Gasteiger partial charge >= 0.3 is 0 Å². The van der Waals surface area contributed by atoms with Crippen molar-refractivity contribution < 1.29 is 18.6 Å². The molecule has 0 saturated heterocycles. The van der Waals surface area contributed by atoms with Gasteiger partial charge < -0.3 is 10.2 Å². The van der Waals surface area contributed by atoms with Gasteiger partial charge in [0.2, 0.25) is 10.0 Å². The fourth-order valence-electron chi connectivity index (χ4n) is 1.76. The lowest BCUT2D eigenvalue weighted by Gasteiger charge is -2.27. The Morgan fingerprint density at radius 3 is 2.22 bits per heavy atom. The zero-order valence-electron chi connectivity index (χ0n) is 11.0. The van der Waals surface area contributed by atoms with Crippen molar-refractivity contribution in [3.63, 3.8) is 0 Å². The van der Waals surface area contributed by atoms with Crippen LogP contribution in [0.3, 0.4) is 0 Å². The van der Waals surface area contributed by atoms with Crippen LogP contribution in [0.2, 0.25) is 0 Å². The lowest BCUT2D eigenvalue weighted by Crippen LogP contribution is -2.35. The topological polar surface area (TPSA) is 77.8 Å². The number of hydrogen-bond donors (Lipinski definition) is 2. The van der Waals surface area contributed by atoms with E-state index in [0.717, 1.165) is 4.31 Å². The van der Waals surface area contributed by atoms with E-state index in [1.165, 1.54) is 32.3 Å². The summed E-state index contributed by atoms with van der Waals surface area (Å²) in [6, 6.07) is 4.17. The fourth-order valence-corrected chi connectivity index (χ4v) is 3.08. The van der Waals surface area contributed by atoms with E-state index in [4.69, 9.17) is 0 Å². The first-order valence-corrected chi connectivity index (χ1v) is 7.10. The molecule has 0 heterocycles. The molecule has 0 saturated carbocycles. The van der Waals surface area contributed by atoms with Crippen molar-refractivity contribution in [2.75, 3.05) is 19.8 Å². The number of aromatic hydroxyl groups is 2. The van der Waals surface area contributed by atoms with Crippen LogP contribution in [0.15, 0.2) is 18.2 Å². The Morgan fingerprint density at radius 1 is 1.22 bits per heavy atom. The first-order valence-electron chi connectivity index (χ1n) is 5.49. The van der Waals surface area contributed by atoms with Crippen molar-refractivity contribution in [3.05, 3.63) is 23.8 Å². The average Bonchev–Trinajstić information content (AvgIpc) is 2.14. The van der Waals surface area contributed by atoms with Crippen molar-refractivity contribution in [2.45, 2.75) is 19.3 Å². The van der Waals surface area contributed by atoms with E-state index in [-0.39, 0.29) is 17.3 Å². The molecule has 0 aliphatic carbocycles. The van der Waals surface area contributed by atoms with Gasteiger partial charge in [0, 0.05) is 31.1 Å². The molecule has 0 aliphatic rings. The molecule has 5 nitrogen and oxygen atoms in total. The predicted molar refractivity (Wildman–Crippen MR) is 70.3 cm³/mol. The minimum atomic E-state index is -3.37. The first-order chi connectivity index (χ1) is 8.06. The summed E-state index contributed by atoms with van der Waals surface area (Å²) in [5, 5.41) is 19.0. The minimum Gasteiger partial charge on any atom is -0.508 e. The van der Waals surface area contributed by atoms with E-state index in [1.54, 1.807) is 13.8 Å². The molecule has 0 aromatic heterocycles. The third kappa shape index (κ3) is 3.14. The minimum absolute atomic E-state index is 0.0532. The standard InChI is InChI=1S/C12H19NO4S/c1-12(2,8-18(16,17)13(3)4)10-6-5-9(14)7-11(10)15/h5-7,14-15H,8H2,1-4H3. The highest BCUT2D eigenvalue weighted by molar-refractivity contribution is 7.89. The van der Waals surface area contributed by atoms with Crippen LogP contribution >= 0.6 is 0 Å². The number of phenols is 2. The van der Waals surface area contributed by atoms with Crippen LogP contribution in [-0.2, 0) is 15.4 Å². The number of rotatable bonds is 4. The smallest absolute Gasteiger partial charge is 0.214 e. The molecule has 102 valence electrons. The fraction of sp³-hybridized carbons (Fsp3) is 0.500. The van der Waals surface area contributed by atoms with Gasteiger partial charge in [-0.3, -0.25) is 0 Å². The average molecular weight is 273 g/mol. The van der Waals surface area contributed by atoms with Gasteiger partial charge in [0.1, 0.15) is 11.5 Å². The summed E-state index contributed by atoms with van der Waals surface area (Å²) >= 11 is 0. The second-order valence-corrected chi connectivity index (χ2v) is 7.31. The Labute approximate surface area is 108 Å². The molecule has 2 N–H and O–H groups in total. The Hall–Kier alpha value is -1.27. The molecule has 6 heteroatoms. The van der Waals surface area contributed by atoms with Crippen LogP contribution in [0.5, 0.6) is 11.5 Å². The highest BCUT2D eigenvalue weighted by Crippen LogP contribution is 2.34. The SMILES string of the molecule is CN(C)S(=O)(=O)CC(C)(C)c1ccc(O)cc1O. The van der Waals surface area contributed by atoms with Crippen molar-refractivity contribution in [1.82, 2.24) is 4.31 Å². The number of benzene rings is 1. The van der Waals surface area contributed by atoms with Crippen molar-refractivity contribution in [1.29, 1.82) is 0 Å². The van der Waals surface area contributed by atoms with Gasteiger partial charge in [0.05, 0.1) is 5.75 Å². The lowest BCUT2D eigenvalue weighted by atomic mass is 9.86. The predicted octanol–water partition coefficient (Wildman–Crippen LogP) is 1.27. The van der Waals surface area contributed by atoms with E-state index in [9.17, 15) is 18.6 Å². The lowest BCUT2D eigenvalue weighted by molar-refractivity contribution is 0.429. The molecule has 0 bridgehead atoms. The molecule has 0 atom stereocenters. The Balaban J connectivity index is 3.14. The molecule has 1 aromatic rings. The molecule has 0 aliphatic heterocycles. The summed E-state index contributed by atoms with van der Waals surface area (Å²) in [5.41, 5.74) is -0.258. The van der Waals surface area contributed by atoms with Crippen LogP contribution in [0.4, 0.5) is 0 Å². The molecular weight excluding hydrogens is 254 g/mol. The van der Waals surface area contributed by atoms with E-state index in [2.05, 4.69) is 0 Å². The molecule has 0 unspecified atom stereocenters. The Kier molecular flexibility index (Phi) is 3.92. The first kappa shape index (κ1) is 14.8. The normalized spacial score (nSPS) is 12.9. The molecule has 0 radical (unpaired) electrons. The number of sulfonamides is 1. The van der Waals surface area contributed by atoms with Gasteiger partial charge in [-0.2, -0.15) is 0 Å². The maximum absolute atomic E-state index is 11.9. The van der Waals surface area contributed by atoms with Crippen LogP contribution in [0, 0.1) is 0 Å². The van der Waals surface area contributed by atoms with Gasteiger partial charge in [0.25, 0.3) is 0 Å². The van der Waals surface area contributed by atoms with Crippen molar-refractivity contribution in [2.24, 2.45) is 0 Å². The zero-order valence-corrected chi connectivity index (χ0v) is 11.8. The largest absolute Gasteiger partial charge is 0.508 e. The summed E-state index contributed by atoms with van der Waals surface area (Å²) in [5.74, 6) is -0.276. The highest BCUT2D eigenvalue weighted by atomic mass is 32.2. The van der Waals surface area contributed by atoms with Gasteiger partial charge in [-0.15, -0.1) is 0 Å². The van der Waals surface area contributed by atoms with Crippen LogP contribution in [-0.4, -0.2) is 42.8 Å². The summed E-state index contributed by atoms with van der Waals surface area (Å²) in [6.45, 7) is 3.47. The molecule has 1 aromatic carbocycles. The van der Waals surface area contributed by atoms with Crippen LogP contribution in [0.1, 0.15) is 19.4 Å². The Bertz CT molecular complexity index is 535. The van der Waals surface area contributed by atoms with Gasteiger partial charge in [-0.1, -0.05) is 19.9 Å². The van der Waals surface area contributed by atoms with Gasteiger partial charge in [-0.05, 0) is 6.07 Å². The van der Waals surface area contributed by atoms with E-state index >= 15 is 0 Å². The van der Waals surface area contributed by atoms with E-state index < -0.39 is 15.4 Å². The second kappa shape index (κ2) is 4.78. The van der Waals surface area contributed by atoms with Crippen molar-refractivity contribution >= 4 is 10.0 Å². The Morgan fingerprint density at radius 2 is 1.78 bits per heavy atom. The third-order valence-corrected chi connectivity index (χ3v) is 5.01. The maximum atomic E-state index is 11.9. The zero-order chi connectivity index (χ0) is 14.1. The summed E-state index contributed by atoms with van der Waals surface area (Å²) in [6.07, 6.45) is 0. The summed E-state index contributed by atoms with van der Waals surface area (Å²) in [4.78, 5) is 0. The number of phenolic OH excluding ortho intramolecular Hbond substituents is 2. The second-order valence-electron chi connectivity index (χ2n) is 5.12. The number of hydrogen-bond acceptors (Lipinski definition) is 4. The highest BCUT2D eigenvalue weighted by Gasteiger charge is 2.31. The van der Waals surface area contributed by atoms with E-state index in [1.807, 2.05) is 0 Å². The van der Waals surface area contributed by atoms with Crippen molar-refractivity contribution in [3.8, 4) is 11.5 Å². The van der Waals surface area contributed by atoms with Gasteiger partial charge in [0.15, 0.2) is 0 Å². The molecular formula is C12H19NO4S. The molecule has 18 heavy (non-hydrogen) atoms. The molecule has 0 spiro atoms. The van der Waals surface area contributed by atoms with E-state index in [0.29, 0.717) is 5.56 Å². The summed E-state index contributed by atoms with van der Waals surface area (Å²) < 4.78 is 24.9. The quantitative estimate of drug-likeness (QED) is 0.866. The molecule has 1 rings (SSSR count). The van der Waals surface area contributed by atoms with Gasteiger partial charge in [-0.25, -0.2) is 12.7 Å². The van der Waals surface area contributed by atoms with Crippen LogP contribution < -0.4 is 0 Å². The number of nitrogens with zero attached hydrogens (tertiary/aromatic N) is 1. The summed E-state index contributed by atoms with van der Waals surface area (Å²) in [7, 11) is -0.423. The third-order valence-electron chi connectivity index (χ3n) is 2.81. The monoisotopic (exact) mass is 273 g/mol. The van der Waals surface area contributed by atoms with Crippen LogP contribution in [0.25, 0.3) is 0 Å². The molecule has 0 amide bonds. The molecule has 0 fully saturated rings.